The largest absolute Gasteiger partial charge is 0.496 e. The Kier molecular flexibility index (Phi) is 4.59. The second kappa shape index (κ2) is 6.04. The topological polar surface area (TPSA) is 38.5 Å². The molecule has 0 unspecified atom stereocenters. The Morgan fingerprint density at radius 2 is 1.95 bits per heavy atom. The number of nitrogens with zero attached hydrogens (tertiary/aromatic N) is 1. The van der Waals surface area contributed by atoms with Crippen LogP contribution in [0.1, 0.15) is 45.1 Å². The predicted molar refractivity (Wildman–Crippen MR) is 84.9 cm³/mol. The minimum absolute atomic E-state index is 0.524. The average molecular weight is 276 g/mol. The van der Waals surface area contributed by atoms with Gasteiger partial charge in [-0.05, 0) is 44.2 Å². The van der Waals surface area contributed by atoms with Crippen LogP contribution in [-0.4, -0.2) is 25.1 Å². The van der Waals surface area contributed by atoms with E-state index < -0.39 is 0 Å². The molecule has 0 aromatic heterocycles. The summed E-state index contributed by atoms with van der Waals surface area (Å²) in [5.74, 6) is 0.896. The van der Waals surface area contributed by atoms with Gasteiger partial charge in [0.15, 0.2) is 0 Å². The molecule has 0 bridgehead atoms. The van der Waals surface area contributed by atoms with E-state index in [0.29, 0.717) is 11.5 Å². The van der Waals surface area contributed by atoms with Crippen LogP contribution in [0, 0.1) is 5.41 Å². The van der Waals surface area contributed by atoms with Gasteiger partial charge in [0.2, 0.25) is 0 Å². The number of hydrogen-bond acceptors (Lipinski definition) is 3. The fourth-order valence-corrected chi connectivity index (χ4v) is 3.11. The van der Waals surface area contributed by atoms with Crippen molar-refractivity contribution in [2.75, 3.05) is 19.9 Å². The maximum Gasteiger partial charge on any atom is 0.125 e. The van der Waals surface area contributed by atoms with Gasteiger partial charge in [0, 0.05) is 29.9 Å². The van der Waals surface area contributed by atoms with E-state index in [1.54, 1.807) is 7.11 Å². The number of methoxy groups -OCH3 is 1. The summed E-state index contributed by atoms with van der Waals surface area (Å²) in [6.45, 7) is 5.69. The van der Waals surface area contributed by atoms with Crippen LogP contribution in [0.5, 0.6) is 5.75 Å². The lowest BCUT2D eigenvalue weighted by Crippen LogP contribution is -2.36. The van der Waals surface area contributed by atoms with E-state index in [0.717, 1.165) is 18.0 Å². The first kappa shape index (κ1) is 15.2. The van der Waals surface area contributed by atoms with Gasteiger partial charge >= 0.3 is 0 Å². The van der Waals surface area contributed by atoms with Gasteiger partial charge in [0.1, 0.15) is 5.75 Å². The number of anilines is 1. The molecule has 0 radical (unpaired) electrons. The maximum absolute atomic E-state index is 5.81. The Bertz CT molecular complexity index is 446. The Labute approximate surface area is 123 Å². The molecule has 1 aliphatic carbocycles. The summed E-state index contributed by atoms with van der Waals surface area (Å²) in [7, 11) is 3.93. The number of benzene rings is 1. The van der Waals surface area contributed by atoms with Crippen molar-refractivity contribution in [2.24, 2.45) is 5.41 Å². The van der Waals surface area contributed by atoms with Crippen LogP contribution in [0.2, 0.25) is 0 Å². The molecule has 2 rings (SSSR count). The fraction of sp³-hybridized carbons (Fsp3) is 0.647. The summed E-state index contributed by atoms with van der Waals surface area (Å²) in [5.41, 5.74) is 8.31. The van der Waals surface area contributed by atoms with Gasteiger partial charge in [0.25, 0.3) is 0 Å². The van der Waals surface area contributed by atoms with E-state index in [1.165, 1.54) is 31.2 Å². The van der Waals surface area contributed by atoms with Crippen LogP contribution in [0.15, 0.2) is 18.2 Å². The first-order chi connectivity index (χ1) is 9.41. The number of ether oxygens (including phenoxy) is 1. The lowest BCUT2D eigenvalue weighted by Gasteiger charge is -2.38. The molecule has 1 saturated carbocycles. The molecule has 0 spiro atoms. The van der Waals surface area contributed by atoms with E-state index >= 15 is 0 Å². The molecule has 1 aliphatic rings. The third-order valence-electron chi connectivity index (χ3n) is 4.66. The normalized spacial score (nSPS) is 19.2. The minimum atomic E-state index is 0.524. The van der Waals surface area contributed by atoms with Gasteiger partial charge < -0.3 is 10.5 Å². The van der Waals surface area contributed by atoms with E-state index in [4.69, 9.17) is 10.5 Å². The van der Waals surface area contributed by atoms with Gasteiger partial charge in [-0.1, -0.05) is 19.9 Å². The molecule has 0 aliphatic heterocycles. The first-order valence-corrected chi connectivity index (χ1v) is 7.54. The highest BCUT2D eigenvalue weighted by molar-refractivity contribution is 5.48. The summed E-state index contributed by atoms with van der Waals surface area (Å²) in [5, 5.41) is 0. The number of rotatable bonds is 4. The van der Waals surface area contributed by atoms with Crippen molar-refractivity contribution in [1.82, 2.24) is 4.90 Å². The second-order valence-electron chi connectivity index (χ2n) is 6.88. The van der Waals surface area contributed by atoms with Crippen LogP contribution in [-0.2, 0) is 6.54 Å². The molecule has 0 saturated heterocycles. The quantitative estimate of drug-likeness (QED) is 0.853. The van der Waals surface area contributed by atoms with Crippen molar-refractivity contribution in [3.05, 3.63) is 23.8 Å². The molecule has 20 heavy (non-hydrogen) atoms. The van der Waals surface area contributed by atoms with E-state index in [2.05, 4.69) is 31.9 Å². The molecule has 3 nitrogen and oxygen atoms in total. The second-order valence-corrected chi connectivity index (χ2v) is 6.88. The SMILES string of the molecule is COc1cc(N)ccc1CN(C)C1CCC(C)(C)CC1. The van der Waals surface area contributed by atoms with Crippen LogP contribution in [0.3, 0.4) is 0 Å². The fourth-order valence-electron chi connectivity index (χ4n) is 3.11. The van der Waals surface area contributed by atoms with Gasteiger partial charge in [-0.2, -0.15) is 0 Å². The monoisotopic (exact) mass is 276 g/mol. The maximum atomic E-state index is 5.81. The summed E-state index contributed by atoms with van der Waals surface area (Å²) in [6.07, 6.45) is 5.23. The van der Waals surface area contributed by atoms with Gasteiger partial charge in [-0.25, -0.2) is 0 Å². The zero-order valence-corrected chi connectivity index (χ0v) is 13.3. The lowest BCUT2D eigenvalue weighted by molar-refractivity contribution is 0.122. The Hall–Kier alpha value is -1.22. The smallest absolute Gasteiger partial charge is 0.125 e. The Balaban J connectivity index is 2.00. The van der Waals surface area contributed by atoms with Crippen molar-refractivity contribution >= 4 is 5.69 Å². The molecular formula is C17H28N2O. The molecule has 0 amide bonds. The molecule has 1 aromatic rings. The molecule has 3 heteroatoms. The average Bonchev–Trinajstić information content (AvgIpc) is 2.40. The molecule has 1 fully saturated rings. The van der Waals surface area contributed by atoms with Crippen LogP contribution >= 0.6 is 0 Å². The highest BCUT2D eigenvalue weighted by atomic mass is 16.5. The van der Waals surface area contributed by atoms with Crippen molar-refractivity contribution in [3.63, 3.8) is 0 Å². The number of hydrogen-bond donors (Lipinski definition) is 1. The molecule has 0 atom stereocenters. The summed E-state index contributed by atoms with van der Waals surface area (Å²) < 4.78 is 5.44. The molecular weight excluding hydrogens is 248 g/mol. The zero-order chi connectivity index (χ0) is 14.8. The summed E-state index contributed by atoms with van der Waals surface area (Å²) in [4.78, 5) is 2.46. The Morgan fingerprint density at radius 3 is 2.55 bits per heavy atom. The van der Waals surface area contributed by atoms with Crippen LogP contribution < -0.4 is 10.5 Å². The summed E-state index contributed by atoms with van der Waals surface area (Å²) >= 11 is 0. The zero-order valence-electron chi connectivity index (χ0n) is 13.3. The van der Waals surface area contributed by atoms with Crippen molar-refractivity contribution in [3.8, 4) is 5.75 Å². The molecule has 2 N–H and O–H groups in total. The van der Waals surface area contributed by atoms with E-state index in [9.17, 15) is 0 Å². The van der Waals surface area contributed by atoms with E-state index in [-0.39, 0.29) is 0 Å². The Morgan fingerprint density at radius 1 is 1.30 bits per heavy atom. The third-order valence-corrected chi connectivity index (χ3v) is 4.66. The van der Waals surface area contributed by atoms with Crippen molar-refractivity contribution < 1.29 is 4.74 Å². The van der Waals surface area contributed by atoms with Crippen LogP contribution in [0.25, 0.3) is 0 Å². The predicted octanol–water partition coefficient (Wildman–Crippen LogP) is 3.68. The van der Waals surface area contributed by atoms with E-state index in [1.807, 2.05) is 12.1 Å². The first-order valence-electron chi connectivity index (χ1n) is 7.54. The lowest BCUT2D eigenvalue weighted by atomic mass is 9.75. The third kappa shape index (κ3) is 3.66. The van der Waals surface area contributed by atoms with Crippen molar-refractivity contribution in [1.29, 1.82) is 0 Å². The highest BCUT2D eigenvalue weighted by Crippen LogP contribution is 2.37. The number of nitrogens with two attached hydrogens (primary N) is 1. The van der Waals surface area contributed by atoms with Gasteiger partial charge in [-0.15, -0.1) is 0 Å². The highest BCUT2D eigenvalue weighted by Gasteiger charge is 2.28. The van der Waals surface area contributed by atoms with Gasteiger partial charge in [-0.3, -0.25) is 4.90 Å². The molecule has 0 heterocycles. The number of nitrogen functional groups attached to an aromatic ring is 1. The summed E-state index contributed by atoms with van der Waals surface area (Å²) in [6, 6.07) is 6.63. The van der Waals surface area contributed by atoms with Crippen molar-refractivity contribution in [2.45, 2.75) is 52.1 Å². The minimum Gasteiger partial charge on any atom is -0.496 e. The molecule has 112 valence electrons. The molecule has 1 aromatic carbocycles. The van der Waals surface area contributed by atoms with Crippen LogP contribution in [0.4, 0.5) is 5.69 Å². The van der Waals surface area contributed by atoms with Gasteiger partial charge in [0.05, 0.1) is 7.11 Å². The standard InChI is InChI=1S/C17H28N2O/c1-17(2)9-7-15(8-10-17)19(3)12-13-5-6-14(18)11-16(13)20-4/h5-6,11,15H,7-10,12,18H2,1-4H3.